The molecule has 0 saturated heterocycles. The van der Waals surface area contributed by atoms with Crippen molar-refractivity contribution < 1.29 is 9.53 Å². The zero-order chi connectivity index (χ0) is 19.3. The Bertz CT molecular complexity index is 1070. The number of nitrogens with zero attached hydrogens (tertiary/aromatic N) is 1. The average Bonchev–Trinajstić information content (AvgIpc) is 3.25. The molecule has 0 fully saturated rings. The molecule has 146 valence electrons. The Morgan fingerprint density at radius 1 is 0.897 bits per heavy atom. The van der Waals surface area contributed by atoms with Crippen molar-refractivity contribution in [1.82, 2.24) is 9.97 Å². The van der Waals surface area contributed by atoms with Crippen LogP contribution in [0.5, 0.6) is 5.75 Å². The largest absolute Gasteiger partial charge is 0.497 e. The van der Waals surface area contributed by atoms with E-state index in [0.717, 1.165) is 34.1 Å². The molecule has 0 bridgehead atoms. The minimum absolute atomic E-state index is 0. The highest BCUT2D eigenvalue weighted by Crippen LogP contribution is 2.25. The van der Waals surface area contributed by atoms with E-state index in [1.165, 1.54) is 0 Å². The summed E-state index contributed by atoms with van der Waals surface area (Å²) >= 11 is 0. The number of ether oxygens (including phenoxy) is 1. The van der Waals surface area contributed by atoms with Crippen LogP contribution in [0.4, 0.5) is 5.69 Å². The van der Waals surface area contributed by atoms with E-state index in [-0.39, 0.29) is 13.3 Å². The third kappa shape index (κ3) is 4.52. The molecular weight excluding hydrogens is 362 g/mol. The number of hydrogen-bond acceptors (Lipinski definition) is 3. The van der Waals surface area contributed by atoms with E-state index in [4.69, 9.17) is 4.74 Å². The molecule has 4 aromatic rings. The van der Waals surface area contributed by atoms with Gasteiger partial charge in [-0.15, -0.1) is 0 Å². The lowest BCUT2D eigenvalue weighted by Gasteiger charge is -2.06. The minimum Gasteiger partial charge on any atom is -0.497 e. The summed E-state index contributed by atoms with van der Waals surface area (Å²) in [4.78, 5) is 20.0. The van der Waals surface area contributed by atoms with Gasteiger partial charge in [-0.3, -0.25) is 4.79 Å². The number of carbonyl (C=O) groups is 1. The zero-order valence-corrected chi connectivity index (χ0v) is 15.3. The zero-order valence-electron chi connectivity index (χ0n) is 15.3. The van der Waals surface area contributed by atoms with Crippen LogP contribution in [0.1, 0.15) is 17.8 Å². The second-order valence-corrected chi connectivity index (χ2v) is 6.27. The topological polar surface area (TPSA) is 67.0 Å². The lowest BCUT2D eigenvalue weighted by Crippen LogP contribution is -2.11. The Balaban J connectivity index is 0.00000240. The maximum atomic E-state index is 12.2. The molecule has 4 rings (SSSR count). The van der Waals surface area contributed by atoms with Gasteiger partial charge in [-0.25, -0.2) is 4.98 Å². The van der Waals surface area contributed by atoms with E-state index >= 15 is 0 Å². The monoisotopic (exact) mass is 385 g/mol. The molecule has 29 heavy (non-hydrogen) atoms. The van der Waals surface area contributed by atoms with Crippen molar-refractivity contribution in [1.29, 1.82) is 0 Å². The Morgan fingerprint density at radius 3 is 2.21 bits per heavy atom. The first-order valence-electron chi connectivity index (χ1n) is 8.89. The minimum atomic E-state index is -0.128. The lowest BCUT2D eigenvalue weighted by molar-refractivity contribution is 0.102. The number of nitrogens with one attached hydrogen (secondary N) is 2. The van der Waals surface area contributed by atoms with Gasteiger partial charge in [-0.2, -0.15) is 0 Å². The number of carbonyl (C=O) groups excluding carboxylic acids is 1. The molecule has 5 heteroatoms. The maximum Gasteiger partial charge on any atom is 0.255 e. The highest BCUT2D eigenvalue weighted by Gasteiger charge is 2.08. The molecule has 0 aliphatic carbocycles. The molecule has 0 saturated carbocycles. The van der Waals surface area contributed by atoms with Crippen molar-refractivity contribution in [2.45, 2.75) is 7.43 Å². The summed E-state index contributed by atoms with van der Waals surface area (Å²) in [5, 5.41) is 2.90. The quantitative estimate of drug-likeness (QED) is 0.467. The van der Waals surface area contributed by atoms with Crippen molar-refractivity contribution in [2.24, 2.45) is 0 Å². The number of hydrogen-bond donors (Lipinski definition) is 2. The van der Waals surface area contributed by atoms with E-state index in [1.807, 2.05) is 66.7 Å². The second-order valence-electron chi connectivity index (χ2n) is 6.27. The average molecular weight is 385 g/mol. The number of benzene rings is 3. The van der Waals surface area contributed by atoms with Crippen LogP contribution >= 0.6 is 0 Å². The van der Waals surface area contributed by atoms with E-state index in [9.17, 15) is 4.79 Å². The maximum absolute atomic E-state index is 12.2. The van der Waals surface area contributed by atoms with Crippen LogP contribution in [-0.2, 0) is 0 Å². The van der Waals surface area contributed by atoms with Gasteiger partial charge >= 0.3 is 0 Å². The number of H-pyrrole nitrogens is 1. The second kappa shape index (κ2) is 8.89. The molecule has 1 amide bonds. The number of aromatic amines is 1. The number of methoxy groups -OCH3 is 1. The Kier molecular flexibility index (Phi) is 6.09. The first kappa shape index (κ1) is 19.9. The first-order valence-corrected chi connectivity index (χ1v) is 8.89. The summed E-state index contributed by atoms with van der Waals surface area (Å²) in [6, 6.07) is 24.5. The van der Waals surface area contributed by atoms with Crippen LogP contribution in [0.15, 0.2) is 85.1 Å². The van der Waals surface area contributed by atoms with Crippen LogP contribution in [0.3, 0.4) is 0 Å². The van der Waals surface area contributed by atoms with Crippen molar-refractivity contribution in [2.75, 3.05) is 12.4 Å². The van der Waals surface area contributed by atoms with Crippen molar-refractivity contribution in [3.8, 4) is 28.4 Å². The molecule has 2 N–H and O–H groups in total. The third-order valence-electron chi connectivity index (χ3n) is 4.43. The molecule has 5 nitrogen and oxygen atoms in total. The summed E-state index contributed by atoms with van der Waals surface area (Å²) in [5.74, 6) is 1.47. The predicted molar refractivity (Wildman–Crippen MR) is 117 cm³/mol. The fourth-order valence-electron chi connectivity index (χ4n) is 2.89. The fourth-order valence-corrected chi connectivity index (χ4v) is 2.89. The predicted octanol–water partition coefficient (Wildman–Crippen LogP) is 5.64. The van der Waals surface area contributed by atoms with E-state index in [0.29, 0.717) is 5.56 Å². The van der Waals surface area contributed by atoms with Crippen LogP contribution in [0, 0.1) is 0 Å². The molecule has 0 radical (unpaired) electrons. The molecular formula is C24H23N3O2. The van der Waals surface area contributed by atoms with Crippen LogP contribution in [0.25, 0.3) is 22.6 Å². The lowest BCUT2D eigenvalue weighted by atomic mass is 10.1. The molecule has 0 aliphatic rings. The molecule has 1 heterocycles. The first-order chi connectivity index (χ1) is 13.7. The summed E-state index contributed by atoms with van der Waals surface area (Å²) in [7, 11) is 1.64. The van der Waals surface area contributed by atoms with Crippen LogP contribution in [-0.4, -0.2) is 23.0 Å². The number of aromatic nitrogens is 2. The van der Waals surface area contributed by atoms with Gasteiger partial charge in [0.05, 0.1) is 19.0 Å². The number of amides is 1. The third-order valence-corrected chi connectivity index (χ3v) is 4.43. The van der Waals surface area contributed by atoms with E-state index < -0.39 is 0 Å². The highest BCUT2D eigenvalue weighted by atomic mass is 16.5. The van der Waals surface area contributed by atoms with E-state index in [2.05, 4.69) is 15.3 Å². The van der Waals surface area contributed by atoms with Crippen LogP contribution in [0.2, 0.25) is 0 Å². The highest BCUT2D eigenvalue weighted by molar-refractivity contribution is 6.04. The molecule has 0 aliphatic heterocycles. The molecule has 3 aromatic carbocycles. The number of imidazole rings is 1. The van der Waals surface area contributed by atoms with E-state index in [1.54, 1.807) is 25.4 Å². The van der Waals surface area contributed by atoms with Gasteiger partial charge < -0.3 is 15.0 Å². The Labute approximate surface area is 170 Å². The molecule has 0 unspecified atom stereocenters. The van der Waals surface area contributed by atoms with Gasteiger partial charge in [0, 0.05) is 16.8 Å². The summed E-state index contributed by atoms with van der Waals surface area (Å²) in [6.07, 6.45) is 1.80. The molecule has 0 atom stereocenters. The standard InChI is InChI=1S/C23H19N3O2.CH4/c1-28-20-13-9-17(10-14-20)22-24-15-21(26-22)16-7-11-19(12-8-16)25-23(27)18-5-3-2-4-6-18;/h2-15H,1H3,(H,24,26)(H,25,27);1H4. The van der Waals surface area contributed by atoms with Crippen molar-refractivity contribution in [3.05, 3.63) is 90.6 Å². The van der Waals surface area contributed by atoms with Gasteiger partial charge in [0.25, 0.3) is 5.91 Å². The summed E-state index contributed by atoms with van der Waals surface area (Å²) in [5.41, 5.74) is 4.26. The van der Waals surface area contributed by atoms with Gasteiger partial charge in [0.1, 0.15) is 11.6 Å². The summed E-state index contributed by atoms with van der Waals surface area (Å²) in [6.45, 7) is 0. The van der Waals surface area contributed by atoms with Crippen molar-refractivity contribution >= 4 is 11.6 Å². The molecule has 0 spiro atoms. The normalized spacial score (nSPS) is 10.1. The van der Waals surface area contributed by atoms with Gasteiger partial charge in [-0.1, -0.05) is 37.8 Å². The Morgan fingerprint density at radius 2 is 1.55 bits per heavy atom. The fraction of sp³-hybridized carbons (Fsp3) is 0.0833. The van der Waals surface area contributed by atoms with Gasteiger partial charge in [0.15, 0.2) is 0 Å². The van der Waals surface area contributed by atoms with Crippen LogP contribution < -0.4 is 10.1 Å². The number of rotatable bonds is 5. The van der Waals surface area contributed by atoms with Crippen molar-refractivity contribution in [3.63, 3.8) is 0 Å². The number of anilines is 1. The summed E-state index contributed by atoms with van der Waals surface area (Å²) < 4.78 is 5.19. The van der Waals surface area contributed by atoms with Gasteiger partial charge in [-0.05, 0) is 54.1 Å². The SMILES string of the molecule is C.COc1ccc(-c2ncc(-c3ccc(NC(=O)c4ccccc4)cc3)[nH]2)cc1. The smallest absolute Gasteiger partial charge is 0.255 e. The van der Waals surface area contributed by atoms with Gasteiger partial charge in [0.2, 0.25) is 0 Å². The Hall–Kier alpha value is -3.86. The molecule has 1 aromatic heterocycles.